The van der Waals surface area contributed by atoms with Gasteiger partial charge in [-0.15, -0.1) is 0 Å². The maximum Gasteiger partial charge on any atom is 0.270 e. The van der Waals surface area contributed by atoms with Crippen LogP contribution >= 0.6 is 15.9 Å². The number of carbonyl (C=O) groups excluding carboxylic acids is 3. The predicted molar refractivity (Wildman–Crippen MR) is 99.2 cm³/mol. The maximum atomic E-state index is 12.1. The fourth-order valence-electron chi connectivity index (χ4n) is 2.19. The number of carbonyl (C=O) groups is 3. The molecule has 130 valence electrons. The number of nitrogens with one attached hydrogen (secondary N) is 2. The average Bonchev–Trinajstić information content (AvgIpc) is 2.60. The second-order valence-electron chi connectivity index (χ2n) is 5.70. The first-order valence-electron chi connectivity index (χ1n) is 7.82. The normalized spacial score (nSPS) is 10.2. The molecule has 0 saturated carbocycles. The molecule has 0 aliphatic carbocycles. The average molecular weight is 403 g/mol. The number of hydrogen-bond acceptors (Lipinski definition) is 3. The Hall–Kier alpha value is -2.47. The summed E-state index contributed by atoms with van der Waals surface area (Å²) >= 11 is 3.27. The smallest absolute Gasteiger partial charge is 0.270 e. The number of hydrazine groups is 1. The zero-order valence-electron chi connectivity index (χ0n) is 14.1. The van der Waals surface area contributed by atoms with Crippen molar-refractivity contribution in [2.75, 3.05) is 0 Å². The minimum atomic E-state index is -0.429. The topological polar surface area (TPSA) is 75.3 Å². The van der Waals surface area contributed by atoms with Gasteiger partial charge in [0, 0.05) is 22.9 Å². The molecule has 6 heteroatoms. The highest BCUT2D eigenvalue weighted by Gasteiger charge is 2.12. The van der Waals surface area contributed by atoms with Crippen LogP contribution < -0.4 is 10.9 Å². The summed E-state index contributed by atoms with van der Waals surface area (Å²) < 4.78 is 0.631. The van der Waals surface area contributed by atoms with E-state index in [1.807, 2.05) is 26.0 Å². The van der Waals surface area contributed by atoms with Crippen molar-refractivity contribution in [2.24, 2.45) is 0 Å². The fourth-order valence-corrected chi connectivity index (χ4v) is 2.65. The monoisotopic (exact) mass is 402 g/mol. The van der Waals surface area contributed by atoms with Crippen molar-refractivity contribution < 1.29 is 14.4 Å². The van der Waals surface area contributed by atoms with Crippen molar-refractivity contribution in [3.8, 4) is 0 Å². The van der Waals surface area contributed by atoms with Crippen LogP contribution in [0.2, 0.25) is 0 Å². The lowest BCUT2D eigenvalue weighted by Gasteiger charge is -2.08. The van der Waals surface area contributed by atoms with E-state index in [2.05, 4.69) is 26.8 Å². The minimum absolute atomic E-state index is 0.00198. The third-order valence-electron chi connectivity index (χ3n) is 3.84. The summed E-state index contributed by atoms with van der Waals surface area (Å²) in [7, 11) is 0. The van der Waals surface area contributed by atoms with Crippen LogP contribution in [0.15, 0.2) is 46.9 Å². The summed E-state index contributed by atoms with van der Waals surface area (Å²) in [6, 6.07) is 12.4. The van der Waals surface area contributed by atoms with Crippen molar-refractivity contribution in [2.45, 2.75) is 26.7 Å². The molecule has 0 unspecified atom stereocenters. The molecule has 25 heavy (non-hydrogen) atoms. The number of hydrogen-bond donors (Lipinski definition) is 2. The Bertz CT molecular complexity index is 818. The molecule has 0 aliphatic rings. The van der Waals surface area contributed by atoms with E-state index < -0.39 is 11.8 Å². The molecule has 2 amide bonds. The molecule has 2 N–H and O–H groups in total. The van der Waals surface area contributed by atoms with Gasteiger partial charge in [0.05, 0.1) is 5.56 Å². The highest BCUT2D eigenvalue weighted by Crippen LogP contribution is 2.15. The Morgan fingerprint density at radius 3 is 2.32 bits per heavy atom. The number of ketones is 1. The van der Waals surface area contributed by atoms with Gasteiger partial charge in [-0.05, 0) is 59.1 Å². The van der Waals surface area contributed by atoms with Crippen LogP contribution in [-0.4, -0.2) is 17.6 Å². The summed E-state index contributed by atoms with van der Waals surface area (Å²) in [5.74, 6) is -0.950. The van der Waals surface area contributed by atoms with E-state index in [1.54, 1.807) is 30.3 Å². The highest BCUT2D eigenvalue weighted by atomic mass is 79.9. The van der Waals surface area contributed by atoms with Gasteiger partial charge in [0.15, 0.2) is 5.78 Å². The van der Waals surface area contributed by atoms with Gasteiger partial charge in [-0.3, -0.25) is 25.2 Å². The number of amides is 2. The summed E-state index contributed by atoms with van der Waals surface area (Å²) in [6.45, 7) is 3.92. The SMILES string of the molecule is Cc1ccc(C(=O)CCC(=O)NNC(=O)c2ccccc2Br)cc1C. The second kappa shape index (κ2) is 8.58. The molecule has 0 spiro atoms. The molecule has 2 rings (SSSR count). The molecular formula is C19H19BrN2O3. The Kier molecular flexibility index (Phi) is 6.47. The Morgan fingerprint density at radius 2 is 1.64 bits per heavy atom. The Balaban J connectivity index is 1.82. The molecule has 2 aromatic carbocycles. The molecular weight excluding hydrogens is 384 g/mol. The second-order valence-corrected chi connectivity index (χ2v) is 6.56. The first-order chi connectivity index (χ1) is 11.9. The van der Waals surface area contributed by atoms with E-state index in [-0.39, 0.29) is 18.6 Å². The molecule has 0 radical (unpaired) electrons. The van der Waals surface area contributed by atoms with Crippen LogP contribution in [0.5, 0.6) is 0 Å². The van der Waals surface area contributed by atoms with E-state index in [0.29, 0.717) is 15.6 Å². The van der Waals surface area contributed by atoms with E-state index in [0.717, 1.165) is 11.1 Å². The predicted octanol–water partition coefficient (Wildman–Crippen LogP) is 3.49. The van der Waals surface area contributed by atoms with Gasteiger partial charge in [-0.1, -0.05) is 24.3 Å². The van der Waals surface area contributed by atoms with Crippen LogP contribution in [0.4, 0.5) is 0 Å². The van der Waals surface area contributed by atoms with Crippen LogP contribution in [0.1, 0.15) is 44.7 Å². The summed E-state index contributed by atoms with van der Waals surface area (Å²) in [5, 5.41) is 0. The standard InChI is InChI=1S/C19H19BrN2O3/c1-12-7-8-14(11-13(12)2)17(23)9-10-18(24)21-22-19(25)15-5-3-4-6-16(15)20/h3-8,11H,9-10H2,1-2H3,(H,21,24)(H,22,25). The number of aryl methyl sites for hydroxylation is 2. The molecule has 2 aromatic rings. The van der Waals surface area contributed by atoms with Crippen LogP contribution in [-0.2, 0) is 4.79 Å². The van der Waals surface area contributed by atoms with Gasteiger partial charge in [0.25, 0.3) is 5.91 Å². The first-order valence-corrected chi connectivity index (χ1v) is 8.62. The number of Topliss-reactive ketones (excluding diaryl/α,β-unsaturated/α-hetero) is 1. The third-order valence-corrected chi connectivity index (χ3v) is 4.53. The fraction of sp³-hybridized carbons (Fsp3) is 0.211. The van der Waals surface area contributed by atoms with Crippen molar-refractivity contribution >= 4 is 33.5 Å². The first kappa shape index (κ1) is 18.9. The lowest BCUT2D eigenvalue weighted by molar-refractivity contribution is -0.121. The molecule has 0 aliphatic heterocycles. The number of halogens is 1. The molecule has 0 saturated heterocycles. The van der Waals surface area contributed by atoms with Gasteiger partial charge in [0.1, 0.15) is 0 Å². The molecule has 0 bridgehead atoms. The quantitative estimate of drug-likeness (QED) is 0.593. The number of benzene rings is 2. The Labute approximate surface area is 154 Å². The van der Waals surface area contributed by atoms with Gasteiger partial charge < -0.3 is 0 Å². The van der Waals surface area contributed by atoms with Crippen LogP contribution in [0.25, 0.3) is 0 Å². The third kappa shape index (κ3) is 5.26. The lowest BCUT2D eigenvalue weighted by atomic mass is 10.0. The molecule has 0 aromatic heterocycles. The molecule has 5 nitrogen and oxygen atoms in total. The zero-order chi connectivity index (χ0) is 18.4. The Morgan fingerprint density at radius 1 is 0.920 bits per heavy atom. The van der Waals surface area contributed by atoms with Crippen molar-refractivity contribution in [1.29, 1.82) is 0 Å². The molecule has 0 fully saturated rings. The lowest BCUT2D eigenvalue weighted by Crippen LogP contribution is -2.41. The zero-order valence-corrected chi connectivity index (χ0v) is 15.6. The minimum Gasteiger partial charge on any atom is -0.294 e. The van der Waals surface area contributed by atoms with Crippen molar-refractivity contribution in [3.05, 3.63) is 69.2 Å². The number of rotatable bonds is 5. The van der Waals surface area contributed by atoms with Gasteiger partial charge in [0.2, 0.25) is 5.91 Å². The van der Waals surface area contributed by atoms with E-state index in [1.165, 1.54) is 0 Å². The maximum absolute atomic E-state index is 12.1. The van der Waals surface area contributed by atoms with Crippen molar-refractivity contribution in [1.82, 2.24) is 10.9 Å². The molecule has 0 atom stereocenters. The largest absolute Gasteiger partial charge is 0.294 e. The van der Waals surface area contributed by atoms with Crippen LogP contribution in [0, 0.1) is 13.8 Å². The van der Waals surface area contributed by atoms with Crippen LogP contribution in [0.3, 0.4) is 0 Å². The van der Waals surface area contributed by atoms with E-state index >= 15 is 0 Å². The van der Waals surface area contributed by atoms with E-state index in [9.17, 15) is 14.4 Å². The van der Waals surface area contributed by atoms with Gasteiger partial charge in [-0.25, -0.2) is 0 Å². The molecule has 0 heterocycles. The summed E-state index contributed by atoms with van der Waals surface area (Å²) in [4.78, 5) is 36.0. The van der Waals surface area contributed by atoms with Crippen molar-refractivity contribution in [3.63, 3.8) is 0 Å². The van der Waals surface area contributed by atoms with Gasteiger partial charge >= 0.3 is 0 Å². The summed E-state index contributed by atoms with van der Waals surface area (Å²) in [6.07, 6.45) is 0.0846. The summed E-state index contributed by atoms with van der Waals surface area (Å²) in [5.41, 5.74) is 7.82. The van der Waals surface area contributed by atoms with E-state index in [4.69, 9.17) is 0 Å². The van der Waals surface area contributed by atoms with Gasteiger partial charge in [-0.2, -0.15) is 0 Å². The highest BCUT2D eigenvalue weighted by molar-refractivity contribution is 9.10.